The zero-order chi connectivity index (χ0) is 24.1. The SMILES string of the molecule is Cc1cc(C(F)(F)F)n2nc(C(=O)Nc3nn(Cc4ccc(Cl)c(Cl)c4)cc3Cl)c(Br)c2n1. The fraction of sp³-hybridized carbons (Fsp3) is 0.158. The molecule has 0 bridgehead atoms. The molecule has 1 aromatic carbocycles. The zero-order valence-corrected chi connectivity index (χ0v) is 20.2. The van der Waals surface area contributed by atoms with E-state index in [2.05, 4.69) is 36.4 Å². The average molecular weight is 583 g/mol. The number of alkyl halides is 3. The van der Waals surface area contributed by atoms with Gasteiger partial charge in [0.05, 0.1) is 21.1 Å². The van der Waals surface area contributed by atoms with Crippen LogP contribution >= 0.6 is 50.7 Å². The number of rotatable bonds is 4. The first-order valence-electron chi connectivity index (χ1n) is 9.05. The van der Waals surface area contributed by atoms with E-state index in [4.69, 9.17) is 34.8 Å². The molecule has 0 aliphatic rings. The smallest absolute Gasteiger partial charge is 0.302 e. The highest BCUT2D eigenvalue weighted by Crippen LogP contribution is 2.33. The minimum absolute atomic E-state index is 0.000520. The number of nitrogens with zero attached hydrogens (tertiary/aromatic N) is 5. The Balaban J connectivity index is 1.62. The van der Waals surface area contributed by atoms with Crippen molar-refractivity contribution in [2.75, 3.05) is 5.32 Å². The highest BCUT2D eigenvalue weighted by atomic mass is 79.9. The standard InChI is InChI=1S/C19H11BrCl3F3N6O/c1-8-4-13(19(24,25)26)32-17(27-8)14(20)15(29-32)18(33)28-16-12(23)7-31(30-16)6-9-2-3-10(21)11(22)5-9/h2-5,7H,6H2,1H3,(H,28,30,33). The predicted molar refractivity (Wildman–Crippen MR) is 121 cm³/mol. The van der Waals surface area contributed by atoms with Gasteiger partial charge in [0.2, 0.25) is 0 Å². The number of nitrogens with one attached hydrogen (secondary N) is 1. The van der Waals surface area contributed by atoms with Gasteiger partial charge in [-0.25, -0.2) is 9.50 Å². The number of aromatic nitrogens is 5. The Morgan fingerprint density at radius 2 is 1.85 bits per heavy atom. The van der Waals surface area contributed by atoms with Crippen LogP contribution in [-0.4, -0.2) is 30.3 Å². The number of hydrogen-bond acceptors (Lipinski definition) is 4. The highest BCUT2D eigenvalue weighted by molar-refractivity contribution is 9.10. The molecule has 4 aromatic rings. The van der Waals surface area contributed by atoms with Gasteiger partial charge in [-0.2, -0.15) is 23.4 Å². The molecule has 14 heteroatoms. The first kappa shape index (κ1) is 23.8. The molecule has 1 amide bonds. The Hall–Kier alpha value is -2.34. The maximum absolute atomic E-state index is 13.4. The van der Waals surface area contributed by atoms with Crippen molar-refractivity contribution in [3.8, 4) is 0 Å². The van der Waals surface area contributed by atoms with E-state index in [1.807, 2.05) is 0 Å². The van der Waals surface area contributed by atoms with Crippen LogP contribution in [0.4, 0.5) is 19.0 Å². The molecule has 0 saturated heterocycles. The van der Waals surface area contributed by atoms with Gasteiger partial charge in [0.25, 0.3) is 5.91 Å². The second-order valence-corrected chi connectivity index (χ2v) is 8.92. The molecule has 33 heavy (non-hydrogen) atoms. The number of aryl methyl sites for hydroxylation is 1. The largest absolute Gasteiger partial charge is 0.433 e. The predicted octanol–water partition coefficient (Wildman–Crippen LogP) is 6.28. The molecule has 0 atom stereocenters. The molecule has 0 saturated carbocycles. The second-order valence-electron chi connectivity index (χ2n) is 6.90. The Bertz CT molecular complexity index is 1400. The summed E-state index contributed by atoms with van der Waals surface area (Å²) in [6, 6.07) is 5.90. The fourth-order valence-electron chi connectivity index (χ4n) is 3.01. The lowest BCUT2D eigenvalue weighted by molar-refractivity contribution is -0.142. The third kappa shape index (κ3) is 4.81. The molecule has 7 nitrogen and oxygen atoms in total. The van der Waals surface area contributed by atoms with Gasteiger partial charge < -0.3 is 5.32 Å². The molecular weight excluding hydrogens is 572 g/mol. The van der Waals surface area contributed by atoms with E-state index in [0.29, 0.717) is 14.6 Å². The summed E-state index contributed by atoms with van der Waals surface area (Å²) in [6.07, 6.45) is -3.22. The summed E-state index contributed by atoms with van der Waals surface area (Å²) >= 11 is 21.2. The van der Waals surface area contributed by atoms with Crippen LogP contribution < -0.4 is 5.32 Å². The molecule has 0 aliphatic carbocycles. The van der Waals surface area contributed by atoms with Crippen molar-refractivity contribution in [2.45, 2.75) is 19.6 Å². The molecule has 1 N–H and O–H groups in total. The van der Waals surface area contributed by atoms with Crippen LogP contribution in [-0.2, 0) is 12.7 Å². The van der Waals surface area contributed by atoms with Crippen LogP contribution in [0.1, 0.15) is 27.4 Å². The van der Waals surface area contributed by atoms with Crippen LogP contribution in [0.5, 0.6) is 0 Å². The topological polar surface area (TPSA) is 77.1 Å². The van der Waals surface area contributed by atoms with E-state index in [0.717, 1.165) is 11.6 Å². The summed E-state index contributed by atoms with van der Waals surface area (Å²) in [7, 11) is 0. The molecule has 3 heterocycles. The fourth-order valence-corrected chi connectivity index (χ4v) is 4.05. The van der Waals surface area contributed by atoms with Gasteiger partial charge in [-0.05, 0) is 46.6 Å². The lowest BCUT2D eigenvalue weighted by Gasteiger charge is -2.09. The second kappa shape index (κ2) is 8.79. The van der Waals surface area contributed by atoms with E-state index in [-0.39, 0.29) is 38.9 Å². The van der Waals surface area contributed by atoms with E-state index >= 15 is 0 Å². The molecular formula is C19H11BrCl3F3N6O. The van der Waals surface area contributed by atoms with Crippen molar-refractivity contribution in [1.82, 2.24) is 24.4 Å². The third-order valence-electron chi connectivity index (χ3n) is 4.44. The van der Waals surface area contributed by atoms with Gasteiger partial charge in [-0.1, -0.05) is 40.9 Å². The number of halogens is 7. The van der Waals surface area contributed by atoms with Crippen LogP contribution in [0.25, 0.3) is 5.65 Å². The first-order valence-corrected chi connectivity index (χ1v) is 11.0. The van der Waals surface area contributed by atoms with Crippen molar-refractivity contribution in [3.63, 3.8) is 0 Å². The Morgan fingerprint density at radius 3 is 2.52 bits per heavy atom. The van der Waals surface area contributed by atoms with Gasteiger partial charge >= 0.3 is 6.18 Å². The van der Waals surface area contributed by atoms with Gasteiger partial charge in [-0.3, -0.25) is 9.48 Å². The highest BCUT2D eigenvalue weighted by Gasteiger charge is 2.36. The molecule has 0 aliphatic heterocycles. The number of carbonyl (C=O) groups excluding carboxylic acids is 1. The van der Waals surface area contributed by atoms with Crippen molar-refractivity contribution < 1.29 is 18.0 Å². The lowest BCUT2D eigenvalue weighted by Crippen LogP contribution is -2.16. The molecule has 172 valence electrons. The minimum atomic E-state index is -4.70. The summed E-state index contributed by atoms with van der Waals surface area (Å²) in [5.41, 5.74) is -0.622. The molecule has 0 fully saturated rings. The van der Waals surface area contributed by atoms with Crippen LogP contribution in [0, 0.1) is 6.92 Å². The van der Waals surface area contributed by atoms with Crippen molar-refractivity contribution >= 4 is 68.1 Å². The number of hydrogen-bond donors (Lipinski definition) is 1. The van der Waals surface area contributed by atoms with Crippen LogP contribution in [0.2, 0.25) is 15.1 Å². The lowest BCUT2D eigenvalue weighted by atomic mass is 10.2. The summed E-state index contributed by atoms with van der Waals surface area (Å²) in [6.45, 7) is 1.69. The summed E-state index contributed by atoms with van der Waals surface area (Å²) in [5.74, 6) is -0.814. The van der Waals surface area contributed by atoms with E-state index in [1.54, 1.807) is 18.2 Å². The normalized spacial score (nSPS) is 11.9. The maximum atomic E-state index is 13.4. The quantitative estimate of drug-likeness (QED) is 0.308. The summed E-state index contributed by atoms with van der Waals surface area (Å²) in [5, 5.41) is 11.4. The molecule has 0 spiro atoms. The third-order valence-corrected chi connectivity index (χ3v) is 6.19. The maximum Gasteiger partial charge on any atom is 0.433 e. The average Bonchev–Trinajstić information content (AvgIpc) is 3.23. The van der Waals surface area contributed by atoms with Crippen molar-refractivity contribution in [2.24, 2.45) is 0 Å². The van der Waals surface area contributed by atoms with E-state index in [1.165, 1.54) is 17.8 Å². The number of amides is 1. The summed E-state index contributed by atoms with van der Waals surface area (Å²) < 4.78 is 42.3. The van der Waals surface area contributed by atoms with Gasteiger partial charge in [0.15, 0.2) is 17.2 Å². The van der Waals surface area contributed by atoms with Crippen LogP contribution in [0.15, 0.2) is 34.9 Å². The van der Waals surface area contributed by atoms with Crippen molar-refractivity contribution in [3.05, 3.63) is 72.6 Å². The molecule has 4 rings (SSSR count). The van der Waals surface area contributed by atoms with Crippen LogP contribution in [0.3, 0.4) is 0 Å². The minimum Gasteiger partial charge on any atom is -0.302 e. The van der Waals surface area contributed by atoms with E-state index < -0.39 is 17.8 Å². The van der Waals surface area contributed by atoms with Gasteiger partial charge in [0, 0.05) is 11.9 Å². The number of fused-ring (bicyclic) bond motifs is 1. The number of benzene rings is 1. The van der Waals surface area contributed by atoms with Gasteiger partial charge in [-0.15, -0.1) is 0 Å². The Morgan fingerprint density at radius 1 is 1.12 bits per heavy atom. The molecule has 0 radical (unpaired) electrons. The van der Waals surface area contributed by atoms with Gasteiger partial charge in [0.1, 0.15) is 10.7 Å². The number of carbonyl (C=O) groups is 1. The number of anilines is 1. The summed E-state index contributed by atoms with van der Waals surface area (Å²) in [4.78, 5) is 16.8. The zero-order valence-electron chi connectivity index (χ0n) is 16.4. The molecule has 3 aromatic heterocycles. The van der Waals surface area contributed by atoms with Crippen molar-refractivity contribution in [1.29, 1.82) is 0 Å². The first-order chi connectivity index (χ1) is 15.4. The monoisotopic (exact) mass is 580 g/mol. The molecule has 0 unspecified atom stereocenters. The Labute approximate surface area is 207 Å². The Kier molecular flexibility index (Phi) is 6.34. The van der Waals surface area contributed by atoms with E-state index in [9.17, 15) is 18.0 Å².